The molecule has 7 nitrogen and oxygen atoms in total. The number of esters is 1. The Labute approximate surface area is 169 Å². The smallest absolute Gasteiger partial charge is 0.359 e. The van der Waals surface area contributed by atoms with Gasteiger partial charge >= 0.3 is 5.97 Å². The van der Waals surface area contributed by atoms with Gasteiger partial charge in [0.2, 0.25) is 5.72 Å². The number of methoxy groups -OCH3 is 2. The molecular weight excluding hydrogens is 372 g/mol. The molecule has 1 N–H and O–H groups in total. The number of ether oxygens (including phenoxy) is 2. The van der Waals surface area contributed by atoms with Crippen molar-refractivity contribution in [3.05, 3.63) is 29.5 Å². The van der Waals surface area contributed by atoms with Crippen molar-refractivity contribution in [3.63, 3.8) is 0 Å². The van der Waals surface area contributed by atoms with Gasteiger partial charge in [-0.05, 0) is 50.4 Å². The first-order valence-electron chi connectivity index (χ1n) is 10.1. The average molecular weight is 398 g/mol. The summed E-state index contributed by atoms with van der Waals surface area (Å²) in [6.45, 7) is 3.38. The molecule has 1 saturated heterocycles. The van der Waals surface area contributed by atoms with Crippen molar-refractivity contribution in [2.45, 2.75) is 44.4 Å². The Morgan fingerprint density at radius 2 is 2.03 bits per heavy atom. The van der Waals surface area contributed by atoms with Crippen LogP contribution in [0.5, 0.6) is 5.75 Å². The lowest BCUT2D eigenvalue weighted by Crippen LogP contribution is -2.62. The quantitative estimate of drug-likeness (QED) is 0.798. The van der Waals surface area contributed by atoms with E-state index in [-0.39, 0.29) is 18.2 Å². The summed E-state index contributed by atoms with van der Waals surface area (Å²) < 4.78 is 12.2. The van der Waals surface area contributed by atoms with Crippen molar-refractivity contribution in [1.29, 1.82) is 0 Å². The Morgan fingerprint density at radius 1 is 1.24 bits per heavy atom. The van der Waals surface area contributed by atoms with Gasteiger partial charge in [0, 0.05) is 30.1 Å². The van der Waals surface area contributed by atoms with E-state index in [1.807, 2.05) is 18.2 Å². The van der Waals surface area contributed by atoms with Crippen LogP contribution in [0.4, 0.5) is 0 Å². The number of Topliss-reactive ketones (excluding diaryl/α,β-unsaturated/α-hetero) is 1. The molecular formula is C22H26N2O5. The molecule has 154 valence electrons. The summed E-state index contributed by atoms with van der Waals surface area (Å²) >= 11 is 0. The van der Waals surface area contributed by atoms with Crippen LogP contribution in [0, 0.1) is 5.41 Å². The van der Waals surface area contributed by atoms with Crippen molar-refractivity contribution in [2.75, 3.05) is 27.3 Å². The van der Waals surface area contributed by atoms with Gasteiger partial charge in [0.15, 0.2) is 0 Å². The van der Waals surface area contributed by atoms with Crippen molar-refractivity contribution < 1.29 is 24.2 Å². The molecule has 0 amide bonds. The average Bonchev–Trinajstić information content (AvgIpc) is 3.07. The maximum atomic E-state index is 13.0. The van der Waals surface area contributed by atoms with Crippen LogP contribution >= 0.6 is 0 Å². The minimum absolute atomic E-state index is 0.0244. The summed E-state index contributed by atoms with van der Waals surface area (Å²) in [5.41, 5.74) is -0.000791. The number of nitrogens with zero attached hydrogens (tertiary/aromatic N) is 2. The summed E-state index contributed by atoms with van der Waals surface area (Å²) in [5, 5.41) is 12.8. The number of carbonyl (C=O) groups is 2. The number of piperidine rings is 1. The Bertz CT molecular complexity index is 1040. The maximum Gasteiger partial charge on any atom is 0.359 e. The Balaban J connectivity index is 1.91. The first-order valence-corrected chi connectivity index (χ1v) is 10.1. The van der Waals surface area contributed by atoms with Crippen LogP contribution in [-0.2, 0) is 26.5 Å². The highest BCUT2D eigenvalue weighted by Gasteiger charge is 2.63. The highest BCUT2D eigenvalue weighted by molar-refractivity contribution is 5.93. The third-order valence-electron chi connectivity index (χ3n) is 7.33. The number of ketones is 1. The van der Waals surface area contributed by atoms with E-state index >= 15 is 0 Å². The zero-order chi connectivity index (χ0) is 20.6. The molecule has 1 fully saturated rings. The zero-order valence-electron chi connectivity index (χ0n) is 17.0. The summed E-state index contributed by atoms with van der Waals surface area (Å²) in [6.07, 6.45) is 2.37. The number of hydrogen-bond acceptors (Lipinski definition) is 6. The first kappa shape index (κ1) is 18.6. The van der Waals surface area contributed by atoms with E-state index in [0.29, 0.717) is 12.2 Å². The monoisotopic (exact) mass is 398 g/mol. The third-order valence-corrected chi connectivity index (χ3v) is 7.33. The van der Waals surface area contributed by atoms with Crippen molar-refractivity contribution in [2.24, 2.45) is 5.41 Å². The molecule has 0 aliphatic carbocycles. The number of benzene rings is 1. The highest BCUT2D eigenvalue weighted by atomic mass is 16.5. The molecule has 1 aromatic carbocycles. The Hall–Kier alpha value is -2.38. The highest BCUT2D eigenvalue weighted by Crippen LogP contribution is 2.59. The van der Waals surface area contributed by atoms with E-state index in [0.717, 1.165) is 48.1 Å². The number of aromatic nitrogens is 1. The van der Waals surface area contributed by atoms with E-state index in [2.05, 4.69) is 4.90 Å². The SMILES string of the molecule is COC(=O)C1(O)CC2(C(C)=O)CCCN3CCc4c(n1c1cc(OC)ccc41)C32. The summed E-state index contributed by atoms with van der Waals surface area (Å²) in [7, 11) is 2.87. The zero-order valence-corrected chi connectivity index (χ0v) is 17.0. The van der Waals surface area contributed by atoms with E-state index in [4.69, 9.17) is 9.47 Å². The molecule has 5 rings (SSSR count). The number of aliphatic hydroxyl groups is 1. The van der Waals surface area contributed by atoms with Gasteiger partial charge in [0.25, 0.3) is 0 Å². The molecule has 2 aromatic rings. The molecule has 1 aromatic heterocycles. The second-order valence-corrected chi connectivity index (χ2v) is 8.57. The van der Waals surface area contributed by atoms with Crippen molar-refractivity contribution >= 4 is 22.7 Å². The fourth-order valence-corrected chi connectivity index (χ4v) is 6.10. The molecule has 29 heavy (non-hydrogen) atoms. The van der Waals surface area contributed by atoms with Gasteiger partial charge in [-0.1, -0.05) is 0 Å². The van der Waals surface area contributed by atoms with Crippen LogP contribution in [0.1, 0.15) is 43.5 Å². The Morgan fingerprint density at radius 3 is 2.72 bits per heavy atom. The standard InChI is InChI=1S/C22H26N2O5/c1-13(25)21-8-4-9-23-10-7-16-15-6-5-14(28-2)11-17(15)24(18(16)19(21)23)22(27,12-21)20(26)29-3/h5-6,11,19,27H,4,7-10,12H2,1-3H3. The minimum atomic E-state index is -1.94. The van der Waals surface area contributed by atoms with Gasteiger partial charge < -0.3 is 19.1 Å². The van der Waals surface area contributed by atoms with E-state index in [1.165, 1.54) is 7.11 Å². The third kappa shape index (κ3) is 2.20. The van der Waals surface area contributed by atoms with Crippen LogP contribution in [0.15, 0.2) is 18.2 Å². The van der Waals surface area contributed by atoms with Crippen molar-refractivity contribution in [3.8, 4) is 5.75 Å². The topological polar surface area (TPSA) is 81.0 Å². The van der Waals surface area contributed by atoms with Gasteiger partial charge in [0.1, 0.15) is 11.5 Å². The van der Waals surface area contributed by atoms with E-state index in [9.17, 15) is 14.7 Å². The summed E-state index contributed by atoms with van der Waals surface area (Å²) in [4.78, 5) is 28.3. The lowest BCUT2D eigenvalue weighted by Gasteiger charge is -2.56. The van der Waals surface area contributed by atoms with Crippen LogP contribution in [0.2, 0.25) is 0 Å². The fourth-order valence-electron chi connectivity index (χ4n) is 6.10. The Kier molecular flexibility index (Phi) is 3.89. The van der Waals surface area contributed by atoms with Crippen LogP contribution in [0.3, 0.4) is 0 Å². The molecule has 4 heterocycles. The molecule has 3 atom stereocenters. The lowest BCUT2D eigenvalue weighted by molar-refractivity contribution is -0.194. The number of rotatable bonds is 3. The molecule has 7 heteroatoms. The van der Waals surface area contributed by atoms with Gasteiger partial charge in [-0.25, -0.2) is 4.79 Å². The van der Waals surface area contributed by atoms with E-state index in [1.54, 1.807) is 18.6 Å². The molecule has 0 saturated carbocycles. The predicted octanol–water partition coefficient (Wildman–Crippen LogP) is 2.14. The van der Waals surface area contributed by atoms with Crippen molar-refractivity contribution in [1.82, 2.24) is 9.47 Å². The maximum absolute atomic E-state index is 13.0. The molecule has 0 bridgehead atoms. The molecule has 3 unspecified atom stereocenters. The first-order chi connectivity index (χ1) is 13.9. The summed E-state index contributed by atoms with van der Waals surface area (Å²) in [5.74, 6) is -0.0574. The second kappa shape index (κ2) is 6.06. The van der Waals surface area contributed by atoms with Crippen LogP contribution in [0.25, 0.3) is 10.9 Å². The lowest BCUT2D eigenvalue weighted by atomic mass is 9.61. The van der Waals surface area contributed by atoms with Gasteiger partial charge in [-0.2, -0.15) is 0 Å². The van der Waals surface area contributed by atoms with Gasteiger partial charge in [-0.3, -0.25) is 9.69 Å². The molecule has 3 aliphatic heterocycles. The predicted molar refractivity (Wildman–Crippen MR) is 106 cm³/mol. The van der Waals surface area contributed by atoms with Gasteiger partial charge in [0.05, 0.1) is 31.2 Å². The minimum Gasteiger partial charge on any atom is -0.497 e. The molecule has 3 aliphatic rings. The second-order valence-electron chi connectivity index (χ2n) is 8.57. The largest absolute Gasteiger partial charge is 0.497 e. The number of fused-ring (bicyclic) bond motifs is 3. The summed E-state index contributed by atoms with van der Waals surface area (Å²) in [6, 6.07) is 5.60. The normalized spacial score (nSPS) is 30.7. The van der Waals surface area contributed by atoms with E-state index < -0.39 is 17.1 Å². The molecule has 0 spiro atoms. The van der Waals surface area contributed by atoms with Crippen LogP contribution in [-0.4, -0.2) is 53.6 Å². The number of hydrogen-bond donors (Lipinski definition) is 1. The number of carbonyl (C=O) groups excluding carboxylic acids is 2. The fraction of sp³-hybridized carbons (Fsp3) is 0.545. The van der Waals surface area contributed by atoms with Gasteiger partial charge in [-0.15, -0.1) is 0 Å². The molecule has 0 radical (unpaired) electrons. The van der Waals surface area contributed by atoms with Crippen LogP contribution < -0.4 is 4.74 Å².